The van der Waals surface area contributed by atoms with Crippen LogP contribution in [0.3, 0.4) is 0 Å². The molecule has 2 rings (SSSR count). The maximum absolute atomic E-state index is 11.8. The highest BCUT2D eigenvalue weighted by Gasteiger charge is 2.33. The van der Waals surface area contributed by atoms with E-state index < -0.39 is 11.6 Å². The Labute approximate surface area is 105 Å². The van der Waals surface area contributed by atoms with E-state index in [0.29, 0.717) is 16.8 Å². The van der Waals surface area contributed by atoms with Gasteiger partial charge in [-0.15, -0.1) is 0 Å². The molecule has 1 aliphatic carbocycles. The zero-order chi connectivity index (χ0) is 13.4. The van der Waals surface area contributed by atoms with Crippen LogP contribution in [0.15, 0.2) is 30.0 Å². The van der Waals surface area contributed by atoms with Gasteiger partial charge in [-0.2, -0.15) is 0 Å². The zero-order valence-electron chi connectivity index (χ0n) is 10.3. The van der Waals surface area contributed by atoms with Crippen molar-refractivity contribution in [3.05, 3.63) is 41.1 Å². The van der Waals surface area contributed by atoms with Crippen molar-refractivity contribution in [2.45, 2.75) is 19.9 Å². The Kier molecular flexibility index (Phi) is 2.92. The predicted octanol–water partition coefficient (Wildman–Crippen LogP) is 0.663. The number of rotatable bonds is 2. The number of nitrogens with zero attached hydrogens (tertiary/aromatic N) is 1. The van der Waals surface area contributed by atoms with Gasteiger partial charge in [-0.25, -0.2) is 5.84 Å². The second-order valence-corrected chi connectivity index (χ2v) is 4.47. The summed E-state index contributed by atoms with van der Waals surface area (Å²) >= 11 is 0. The van der Waals surface area contributed by atoms with Crippen LogP contribution in [0.4, 0.5) is 0 Å². The summed E-state index contributed by atoms with van der Waals surface area (Å²) in [6.45, 7) is 3.76. The molecule has 4 N–H and O–H groups in total. The first-order valence-electron chi connectivity index (χ1n) is 5.67. The fourth-order valence-electron chi connectivity index (χ4n) is 1.92. The smallest absolute Gasteiger partial charge is 0.251 e. The molecule has 0 aliphatic heterocycles. The summed E-state index contributed by atoms with van der Waals surface area (Å²) in [6.07, 6.45) is 0. The molecule has 0 amide bonds. The minimum atomic E-state index is -0.695. The highest BCUT2D eigenvalue weighted by molar-refractivity contribution is 6.52. The number of ketones is 2. The predicted molar refractivity (Wildman–Crippen MR) is 68.0 cm³/mol. The molecule has 0 spiro atoms. The highest BCUT2D eigenvalue weighted by atomic mass is 16.2. The second-order valence-electron chi connectivity index (χ2n) is 4.47. The molecule has 18 heavy (non-hydrogen) atoms. The van der Waals surface area contributed by atoms with Crippen LogP contribution in [-0.4, -0.2) is 22.6 Å². The summed E-state index contributed by atoms with van der Waals surface area (Å²) in [7, 11) is 0. The monoisotopic (exact) mass is 245 g/mol. The number of nitrogens with two attached hydrogens (primary N) is 2. The van der Waals surface area contributed by atoms with E-state index in [-0.39, 0.29) is 11.7 Å². The summed E-state index contributed by atoms with van der Waals surface area (Å²) in [5, 5.41) is 1.42. The minimum Gasteiger partial charge on any atom is -0.394 e. The van der Waals surface area contributed by atoms with Crippen LogP contribution in [0.2, 0.25) is 0 Å². The van der Waals surface area contributed by atoms with Gasteiger partial charge in [-0.05, 0) is 13.8 Å². The molecule has 1 aromatic carbocycles. The Morgan fingerprint density at radius 2 is 1.61 bits per heavy atom. The van der Waals surface area contributed by atoms with E-state index in [0.717, 1.165) is 0 Å². The molecule has 1 aliphatic rings. The number of hydrazine groups is 1. The molecule has 0 saturated carbocycles. The molecule has 5 heteroatoms. The van der Waals surface area contributed by atoms with E-state index in [2.05, 4.69) is 0 Å². The number of fused-ring (bicyclic) bond motifs is 1. The number of hydrogen-bond donors (Lipinski definition) is 2. The third-order valence-corrected chi connectivity index (χ3v) is 2.95. The van der Waals surface area contributed by atoms with Crippen LogP contribution in [0, 0.1) is 0 Å². The molecule has 5 nitrogen and oxygen atoms in total. The van der Waals surface area contributed by atoms with Gasteiger partial charge >= 0.3 is 0 Å². The molecular formula is C13H15N3O2. The molecule has 0 aromatic heterocycles. The molecule has 0 atom stereocenters. The topological polar surface area (TPSA) is 89.4 Å². The van der Waals surface area contributed by atoms with Crippen molar-refractivity contribution in [1.82, 2.24) is 5.01 Å². The maximum atomic E-state index is 11.8. The molecule has 1 aromatic rings. The molecular weight excluding hydrogens is 230 g/mol. The Morgan fingerprint density at radius 1 is 1.06 bits per heavy atom. The van der Waals surface area contributed by atoms with Gasteiger partial charge in [-0.1, -0.05) is 24.3 Å². The lowest BCUT2D eigenvalue weighted by molar-refractivity contribution is -0.112. The van der Waals surface area contributed by atoms with Crippen molar-refractivity contribution in [1.29, 1.82) is 0 Å². The minimum absolute atomic E-state index is 0.0346. The average molecular weight is 245 g/mol. The molecule has 0 bridgehead atoms. The number of benzene rings is 1. The fraction of sp³-hybridized carbons (Fsp3) is 0.231. The summed E-state index contributed by atoms with van der Waals surface area (Å²) in [6, 6.07) is 6.80. The molecule has 0 fully saturated rings. The summed E-state index contributed by atoms with van der Waals surface area (Å²) in [4.78, 5) is 23.7. The van der Waals surface area contributed by atoms with Crippen molar-refractivity contribution in [2.75, 3.05) is 0 Å². The standard InChI is InChI=1S/C13H15N3O2/c1-7(2)16(15)11-8-5-3-4-6-9(8)12(17)13(18)10(11)14/h3-7H,14-15H2,1-2H3. The third kappa shape index (κ3) is 1.69. The summed E-state index contributed by atoms with van der Waals surface area (Å²) < 4.78 is 0. The van der Waals surface area contributed by atoms with Crippen LogP contribution in [0.1, 0.15) is 29.8 Å². The molecule has 0 unspecified atom stereocenters. The average Bonchev–Trinajstić information content (AvgIpc) is 2.36. The van der Waals surface area contributed by atoms with Crippen molar-refractivity contribution >= 4 is 17.3 Å². The van der Waals surface area contributed by atoms with Crippen molar-refractivity contribution in [3.8, 4) is 0 Å². The van der Waals surface area contributed by atoms with Gasteiger partial charge in [0.25, 0.3) is 5.78 Å². The Hall–Kier alpha value is -2.14. The lowest BCUT2D eigenvalue weighted by Crippen LogP contribution is -2.41. The molecule has 0 radical (unpaired) electrons. The van der Waals surface area contributed by atoms with Gasteiger partial charge in [0.2, 0.25) is 5.78 Å². The first-order valence-corrected chi connectivity index (χ1v) is 5.67. The Bertz CT molecular complexity index is 561. The molecule has 94 valence electrons. The number of carbonyl (C=O) groups is 2. The van der Waals surface area contributed by atoms with E-state index >= 15 is 0 Å². The van der Waals surface area contributed by atoms with Crippen LogP contribution in [-0.2, 0) is 4.79 Å². The summed E-state index contributed by atoms with van der Waals surface area (Å²) in [5.41, 5.74) is 7.04. The molecule has 0 saturated heterocycles. The maximum Gasteiger partial charge on any atom is 0.251 e. The van der Waals surface area contributed by atoms with Gasteiger partial charge in [0, 0.05) is 17.2 Å². The lowest BCUT2D eigenvalue weighted by atomic mass is 9.90. The van der Waals surface area contributed by atoms with Gasteiger partial charge in [0.15, 0.2) is 0 Å². The van der Waals surface area contributed by atoms with Gasteiger partial charge < -0.3 is 10.7 Å². The fourth-order valence-corrected chi connectivity index (χ4v) is 1.92. The number of hydrogen-bond acceptors (Lipinski definition) is 5. The SMILES string of the molecule is CC(C)N(N)C1=C(N)C(=O)C(=O)c2ccccc21. The van der Waals surface area contributed by atoms with E-state index in [9.17, 15) is 9.59 Å². The van der Waals surface area contributed by atoms with E-state index in [1.165, 1.54) is 5.01 Å². The van der Waals surface area contributed by atoms with Crippen LogP contribution in [0.5, 0.6) is 0 Å². The first kappa shape index (κ1) is 12.3. The van der Waals surface area contributed by atoms with Gasteiger partial charge in [0.05, 0.1) is 5.70 Å². The third-order valence-electron chi connectivity index (χ3n) is 2.95. The Balaban J connectivity index is 2.69. The highest BCUT2D eigenvalue weighted by Crippen LogP contribution is 2.29. The van der Waals surface area contributed by atoms with Crippen LogP contribution >= 0.6 is 0 Å². The van der Waals surface area contributed by atoms with E-state index in [1.807, 2.05) is 13.8 Å². The van der Waals surface area contributed by atoms with Crippen LogP contribution < -0.4 is 11.6 Å². The second kappa shape index (κ2) is 4.27. The Morgan fingerprint density at radius 3 is 2.17 bits per heavy atom. The zero-order valence-corrected chi connectivity index (χ0v) is 10.3. The van der Waals surface area contributed by atoms with Crippen molar-refractivity contribution in [3.63, 3.8) is 0 Å². The van der Waals surface area contributed by atoms with Gasteiger partial charge in [-0.3, -0.25) is 9.59 Å². The van der Waals surface area contributed by atoms with Crippen LogP contribution in [0.25, 0.3) is 5.70 Å². The van der Waals surface area contributed by atoms with Crippen molar-refractivity contribution < 1.29 is 9.59 Å². The lowest BCUT2D eigenvalue weighted by Gasteiger charge is -2.30. The largest absolute Gasteiger partial charge is 0.394 e. The van der Waals surface area contributed by atoms with Crippen molar-refractivity contribution in [2.24, 2.45) is 11.6 Å². The first-order chi connectivity index (χ1) is 8.45. The quantitative estimate of drug-likeness (QED) is 0.454. The summed E-state index contributed by atoms with van der Waals surface area (Å²) in [5.74, 6) is 4.66. The molecule has 0 heterocycles. The van der Waals surface area contributed by atoms with E-state index in [1.54, 1.807) is 24.3 Å². The number of Topliss-reactive ketones (excluding diaryl/α,β-unsaturated/α-hetero) is 2. The normalized spacial score (nSPS) is 15.1. The van der Waals surface area contributed by atoms with E-state index in [4.69, 9.17) is 11.6 Å². The number of allylic oxidation sites excluding steroid dienone is 1. The van der Waals surface area contributed by atoms with Gasteiger partial charge in [0.1, 0.15) is 5.70 Å². The number of carbonyl (C=O) groups excluding carboxylic acids is 2.